The minimum absolute atomic E-state index is 0.00642. The van der Waals surface area contributed by atoms with E-state index in [-0.39, 0.29) is 28.8 Å². The molecule has 2 rings (SSSR count). The van der Waals surface area contributed by atoms with Gasteiger partial charge in [0.25, 0.3) is 0 Å². The van der Waals surface area contributed by atoms with E-state index in [9.17, 15) is 14.7 Å². The Morgan fingerprint density at radius 2 is 2.05 bits per heavy atom. The summed E-state index contributed by atoms with van der Waals surface area (Å²) in [6.07, 6.45) is 0.844. The van der Waals surface area contributed by atoms with Crippen LogP contribution in [0.3, 0.4) is 0 Å². The summed E-state index contributed by atoms with van der Waals surface area (Å²) in [5, 5.41) is 9.44. The highest BCUT2D eigenvalue weighted by Gasteiger charge is 2.53. The van der Waals surface area contributed by atoms with Crippen molar-refractivity contribution in [3.8, 4) is 0 Å². The largest absolute Gasteiger partial charge is 0.477 e. The van der Waals surface area contributed by atoms with Crippen LogP contribution in [0.25, 0.3) is 0 Å². The number of aliphatic carboxylic acids is 1. The average Bonchev–Trinajstić information content (AvgIpc) is 2.33. The van der Waals surface area contributed by atoms with Gasteiger partial charge in [-0.05, 0) is 23.8 Å². The van der Waals surface area contributed by atoms with Crippen LogP contribution < -0.4 is 0 Å². The molecule has 0 aromatic carbocycles. The van der Waals surface area contributed by atoms with Crippen molar-refractivity contribution in [1.29, 1.82) is 0 Å². The Labute approximate surface area is 118 Å². The number of nitrogens with zero attached hydrogens (tertiary/aromatic N) is 1. The highest BCUT2D eigenvalue weighted by Crippen LogP contribution is 2.47. The van der Waals surface area contributed by atoms with Crippen LogP contribution in [0.2, 0.25) is 0 Å². The Balaban J connectivity index is 2.28. The van der Waals surface area contributed by atoms with Crippen molar-refractivity contribution in [2.45, 2.75) is 39.5 Å². The number of amides is 1. The van der Waals surface area contributed by atoms with Crippen molar-refractivity contribution in [3.05, 3.63) is 11.3 Å². The molecular weight excluding hydrogens is 262 g/mol. The number of hydrogen-bond donors (Lipinski definition) is 1. The van der Waals surface area contributed by atoms with Crippen molar-refractivity contribution in [1.82, 2.24) is 4.90 Å². The monoisotopic (exact) mass is 283 g/mol. The van der Waals surface area contributed by atoms with Gasteiger partial charge in [0, 0.05) is 5.75 Å². The van der Waals surface area contributed by atoms with E-state index < -0.39 is 5.97 Å². The number of carbonyl (C=O) groups excluding carboxylic acids is 1. The van der Waals surface area contributed by atoms with Crippen LogP contribution in [0.4, 0.5) is 0 Å². The Morgan fingerprint density at radius 3 is 2.53 bits per heavy atom. The fourth-order valence-corrected chi connectivity index (χ4v) is 4.39. The molecule has 0 radical (unpaired) electrons. The van der Waals surface area contributed by atoms with E-state index in [4.69, 9.17) is 0 Å². The lowest BCUT2D eigenvalue weighted by atomic mass is 9.87. The van der Waals surface area contributed by atoms with Gasteiger partial charge in [0.05, 0.1) is 11.3 Å². The number of carboxylic acids is 1. The number of carboxylic acid groups (broad SMARTS) is 1. The molecule has 2 heterocycles. The normalized spacial score (nSPS) is 26.8. The maximum Gasteiger partial charge on any atom is 0.352 e. The van der Waals surface area contributed by atoms with Gasteiger partial charge < -0.3 is 5.11 Å². The molecule has 1 amide bonds. The lowest BCUT2D eigenvalue weighted by Gasteiger charge is -2.50. The van der Waals surface area contributed by atoms with E-state index in [1.54, 1.807) is 11.8 Å². The number of fused-ring (bicyclic) bond motifs is 1. The summed E-state index contributed by atoms with van der Waals surface area (Å²) in [7, 11) is 0. The Morgan fingerprint density at radius 1 is 1.42 bits per heavy atom. The molecular formula is C14H21NO3S. The second kappa shape index (κ2) is 5.19. The molecule has 106 valence electrons. The number of rotatable bonds is 4. The zero-order valence-electron chi connectivity index (χ0n) is 11.8. The van der Waals surface area contributed by atoms with Gasteiger partial charge in [0.1, 0.15) is 5.70 Å². The number of thioether (sulfide) groups is 1. The van der Waals surface area contributed by atoms with Crippen LogP contribution in [-0.2, 0) is 9.59 Å². The van der Waals surface area contributed by atoms with Crippen LogP contribution in [0.5, 0.6) is 0 Å². The average molecular weight is 283 g/mol. The minimum atomic E-state index is -0.967. The van der Waals surface area contributed by atoms with Crippen LogP contribution in [0, 0.1) is 17.8 Å². The highest BCUT2D eigenvalue weighted by molar-refractivity contribution is 8.00. The first kappa shape index (κ1) is 14.4. The van der Waals surface area contributed by atoms with E-state index in [2.05, 4.69) is 13.8 Å². The molecule has 2 unspecified atom stereocenters. The van der Waals surface area contributed by atoms with E-state index in [0.717, 1.165) is 17.7 Å². The molecule has 4 nitrogen and oxygen atoms in total. The van der Waals surface area contributed by atoms with Crippen LogP contribution >= 0.6 is 11.8 Å². The summed E-state index contributed by atoms with van der Waals surface area (Å²) in [6.45, 7) is 8.15. The SMILES string of the molecule is CC(C)CC1C(=O)N2C(C(=O)O)=C(C(C)C)CSC12. The second-order valence-electron chi connectivity index (χ2n) is 5.98. The molecule has 2 aliphatic heterocycles. The predicted octanol–water partition coefficient (Wildman–Crippen LogP) is 2.56. The van der Waals surface area contributed by atoms with E-state index in [1.165, 1.54) is 4.90 Å². The van der Waals surface area contributed by atoms with Crippen molar-refractivity contribution < 1.29 is 14.7 Å². The van der Waals surface area contributed by atoms with Gasteiger partial charge in [0.15, 0.2) is 0 Å². The molecule has 2 aliphatic rings. The van der Waals surface area contributed by atoms with E-state index >= 15 is 0 Å². The van der Waals surface area contributed by atoms with Crippen LogP contribution in [-0.4, -0.2) is 33.0 Å². The zero-order valence-corrected chi connectivity index (χ0v) is 12.7. The highest BCUT2D eigenvalue weighted by atomic mass is 32.2. The topological polar surface area (TPSA) is 57.6 Å². The first-order valence-electron chi connectivity index (χ1n) is 6.75. The maximum atomic E-state index is 12.2. The second-order valence-corrected chi connectivity index (χ2v) is 7.08. The molecule has 19 heavy (non-hydrogen) atoms. The molecule has 1 saturated heterocycles. The zero-order chi connectivity index (χ0) is 14.3. The van der Waals surface area contributed by atoms with E-state index in [1.807, 2.05) is 13.8 Å². The third kappa shape index (κ3) is 2.40. The van der Waals surface area contributed by atoms with Gasteiger partial charge in [-0.25, -0.2) is 4.79 Å². The lowest BCUT2D eigenvalue weighted by molar-refractivity contribution is -0.153. The maximum absolute atomic E-state index is 12.2. The quantitative estimate of drug-likeness (QED) is 0.806. The summed E-state index contributed by atoms with van der Waals surface area (Å²) in [5.74, 6) is 0.360. The van der Waals surface area contributed by atoms with Gasteiger partial charge in [-0.1, -0.05) is 27.7 Å². The molecule has 1 N–H and O–H groups in total. The Bertz CT molecular complexity index is 442. The molecule has 1 fully saturated rings. The fourth-order valence-electron chi connectivity index (χ4n) is 2.76. The van der Waals surface area contributed by atoms with E-state index in [0.29, 0.717) is 5.92 Å². The first-order valence-corrected chi connectivity index (χ1v) is 7.80. The smallest absolute Gasteiger partial charge is 0.352 e. The molecule has 0 aromatic heterocycles. The Kier molecular flexibility index (Phi) is 3.95. The Hall–Kier alpha value is -0.970. The molecule has 0 saturated carbocycles. The summed E-state index contributed by atoms with van der Waals surface area (Å²) in [4.78, 5) is 25.2. The van der Waals surface area contributed by atoms with Gasteiger partial charge in [-0.3, -0.25) is 9.69 Å². The molecule has 0 spiro atoms. The number of carbonyl (C=O) groups is 2. The van der Waals surface area contributed by atoms with Gasteiger partial charge in [-0.2, -0.15) is 0 Å². The van der Waals surface area contributed by atoms with Gasteiger partial charge in [-0.15, -0.1) is 11.8 Å². The van der Waals surface area contributed by atoms with Crippen molar-refractivity contribution >= 4 is 23.6 Å². The minimum Gasteiger partial charge on any atom is -0.477 e. The molecule has 2 atom stereocenters. The number of β-lactam (4-membered cyclic amide) rings is 1. The summed E-state index contributed by atoms with van der Waals surface area (Å²) in [6, 6.07) is 0. The molecule has 0 bridgehead atoms. The van der Waals surface area contributed by atoms with Crippen molar-refractivity contribution in [2.75, 3.05) is 5.75 Å². The third-order valence-corrected chi connectivity index (χ3v) is 5.09. The summed E-state index contributed by atoms with van der Waals surface area (Å²) in [5.41, 5.74) is 1.12. The predicted molar refractivity (Wildman–Crippen MR) is 75.5 cm³/mol. The third-order valence-electron chi connectivity index (χ3n) is 3.73. The summed E-state index contributed by atoms with van der Waals surface area (Å²) >= 11 is 1.71. The van der Waals surface area contributed by atoms with Gasteiger partial charge in [0.2, 0.25) is 5.91 Å². The number of hydrogen-bond acceptors (Lipinski definition) is 3. The molecule has 5 heteroatoms. The van der Waals surface area contributed by atoms with Crippen molar-refractivity contribution in [2.24, 2.45) is 17.8 Å². The van der Waals surface area contributed by atoms with Gasteiger partial charge >= 0.3 is 5.97 Å². The molecule has 0 aromatic rings. The van der Waals surface area contributed by atoms with Crippen LogP contribution in [0.1, 0.15) is 34.1 Å². The molecule has 0 aliphatic carbocycles. The summed E-state index contributed by atoms with van der Waals surface area (Å²) < 4.78 is 0. The standard InChI is InChI=1S/C14H21NO3S/c1-7(2)5-9-12(16)15-11(14(17)18)10(8(3)4)6-19-13(9)15/h7-9,13H,5-6H2,1-4H3,(H,17,18). The fraction of sp³-hybridized carbons (Fsp3) is 0.714. The van der Waals surface area contributed by atoms with Crippen molar-refractivity contribution in [3.63, 3.8) is 0 Å². The lowest BCUT2D eigenvalue weighted by Crippen LogP contribution is -2.61. The first-order chi connectivity index (χ1) is 8.84. The van der Waals surface area contributed by atoms with Crippen LogP contribution in [0.15, 0.2) is 11.3 Å².